The van der Waals surface area contributed by atoms with Crippen LogP contribution in [-0.2, 0) is 18.9 Å². The Morgan fingerprint density at radius 1 is 0.909 bits per heavy atom. The van der Waals surface area contributed by atoms with Crippen molar-refractivity contribution in [2.24, 2.45) is 0 Å². The number of rotatable bonds is 5. The molecule has 0 bridgehead atoms. The van der Waals surface area contributed by atoms with E-state index >= 15 is 0 Å². The molecule has 0 aromatic heterocycles. The van der Waals surface area contributed by atoms with Gasteiger partial charge in [-0.05, 0) is 6.92 Å². The molecule has 0 aromatic rings. The molecule has 0 fully saturated rings. The average Bonchev–Trinajstić information content (AvgIpc) is 2.06. The van der Waals surface area contributed by atoms with Gasteiger partial charge in [0.25, 0.3) is 0 Å². The van der Waals surface area contributed by atoms with Crippen molar-refractivity contribution in [1.82, 2.24) is 0 Å². The van der Waals surface area contributed by atoms with Crippen LogP contribution in [0, 0.1) is 0 Å². The van der Waals surface area contributed by atoms with Gasteiger partial charge in [-0.15, -0.1) is 0 Å². The molecule has 0 aromatic carbocycles. The van der Waals surface area contributed by atoms with Crippen molar-refractivity contribution in [2.75, 3.05) is 28.4 Å². The zero-order valence-electron chi connectivity index (χ0n) is 7.71. The fourth-order valence-electron chi connectivity index (χ4n) is 0.800. The van der Waals surface area contributed by atoms with Crippen molar-refractivity contribution in [3.63, 3.8) is 0 Å². The van der Waals surface area contributed by atoms with Crippen LogP contribution in [0.1, 0.15) is 6.92 Å². The quantitative estimate of drug-likeness (QED) is 0.558. The standard InChI is InChI=1S/C7H16O4/c1-7(10-4,11-5)6(8-2)9-3/h6H,1-5H3. The maximum Gasteiger partial charge on any atom is 0.217 e. The SMILES string of the molecule is COC(OC)C(C)(OC)OC. The van der Waals surface area contributed by atoms with Crippen LogP contribution in [0.25, 0.3) is 0 Å². The third-order valence-corrected chi connectivity index (χ3v) is 1.67. The van der Waals surface area contributed by atoms with Crippen LogP contribution in [0.3, 0.4) is 0 Å². The van der Waals surface area contributed by atoms with Gasteiger partial charge in [0.1, 0.15) is 0 Å². The molecule has 0 aliphatic rings. The molecule has 0 rings (SSSR count). The molecular formula is C7H16O4. The molecular weight excluding hydrogens is 148 g/mol. The molecule has 0 radical (unpaired) electrons. The first-order valence-electron chi connectivity index (χ1n) is 3.30. The largest absolute Gasteiger partial charge is 0.351 e. The Labute approximate surface area is 67.4 Å². The summed E-state index contributed by atoms with van der Waals surface area (Å²) < 4.78 is 20.1. The molecule has 0 aliphatic heterocycles. The van der Waals surface area contributed by atoms with Crippen molar-refractivity contribution < 1.29 is 18.9 Å². The molecule has 0 saturated heterocycles. The molecule has 0 N–H and O–H groups in total. The summed E-state index contributed by atoms with van der Waals surface area (Å²) in [7, 11) is 6.14. The lowest BCUT2D eigenvalue weighted by Gasteiger charge is -2.32. The zero-order chi connectivity index (χ0) is 8.91. The minimum atomic E-state index is -0.844. The first kappa shape index (κ1) is 10.8. The molecule has 0 amide bonds. The van der Waals surface area contributed by atoms with Crippen LogP contribution in [0.15, 0.2) is 0 Å². The van der Waals surface area contributed by atoms with Crippen LogP contribution in [0.5, 0.6) is 0 Å². The van der Waals surface area contributed by atoms with Crippen LogP contribution in [0.2, 0.25) is 0 Å². The molecule has 0 saturated carbocycles. The van der Waals surface area contributed by atoms with Gasteiger partial charge in [0.05, 0.1) is 0 Å². The van der Waals surface area contributed by atoms with Gasteiger partial charge >= 0.3 is 0 Å². The second-order valence-electron chi connectivity index (χ2n) is 2.23. The molecule has 0 atom stereocenters. The maximum atomic E-state index is 5.06. The van der Waals surface area contributed by atoms with E-state index in [9.17, 15) is 0 Å². The van der Waals surface area contributed by atoms with E-state index < -0.39 is 12.1 Å². The van der Waals surface area contributed by atoms with Crippen molar-refractivity contribution in [3.05, 3.63) is 0 Å². The number of ether oxygens (including phenoxy) is 4. The summed E-state index contributed by atoms with van der Waals surface area (Å²) in [6, 6.07) is 0. The minimum Gasteiger partial charge on any atom is -0.351 e. The van der Waals surface area contributed by atoms with E-state index in [4.69, 9.17) is 18.9 Å². The smallest absolute Gasteiger partial charge is 0.217 e. The Hall–Kier alpha value is -0.160. The summed E-state index contributed by atoms with van der Waals surface area (Å²) >= 11 is 0. The van der Waals surface area contributed by atoms with Gasteiger partial charge in [-0.3, -0.25) is 0 Å². The summed E-state index contributed by atoms with van der Waals surface area (Å²) in [5.41, 5.74) is 0. The second-order valence-corrected chi connectivity index (χ2v) is 2.23. The van der Waals surface area contributed by atoms with Crippen LogP contribution < -0.4 is 0 Å². The molecule has 0 unspecified atom stereocenters. The monoisotopic (exact) mass is 164 g/mol. The Bertz CT molecular complexity index is 96.6. The summed E-state index contributed by atoms with van der Waals surface area (Å²) in [5, 5.41) is 0. The molecule has 4 nitrogen and oxygen atoms in total. The topological polar surface area (TPSA) is 36.9 Å². The van der Waals surface area contributed by atoms with Crippen LogP contribution in [-0.4, -0.2) is 40.5 Å². The molecule has 0 aliphatic carbocycles. The molecule has 0 heterocycles. The first-order valence-corrected chi connectivity index (χ1v) is 3.30. The number of hydrogen-bond acceptors (Lipinski definition) is 4. The third kappa shape index (κ3) is 2.41. The van der Waals surface area contributed by atoms with Gasteiger partial charge in [-0.1, -0.05) is 0 Å². The lowest BCUT2D eigenvalue weighted by molar-refractivity contribution is -0.317. The third-order valence-electron chi connectivity index (χ3n) is 1.67. The van der Waals surface area contributed by atoms with Crippen molar-refractivity contribution in [3.8, 4) is 0 Å². The first-order chi connectivity index (χ1) is 5.14. The lowest BCUT2D eigenvalue weighted by Crippen LogP contribution is -2.45. The highest BCUT2D eigenvalue weighted by Crippen LogP contribution is 2.18. The number of hydrogen-bond donors (Lipinski definition) is 0. The van der Waals surface area contributed by atoms with E-state index in [2.05, 4.69) is 0 Å². The van der Waals surface area contributed by atoms with Crippen LogP contribution >= 0.6 is 0 Å². The molecule has 4 heteroatoms. The normalized spacial score (nSPS) is 12.5. The molecule has 11 heavy (non-hydrogen) atoms. The van der Waals surface area contributed by atoms with E-state index in [0.717, 1.165) is 0 Å². The van der Waals surface area contributed by atoms with E-state index in [1.165, 1.54) is 28.4 Å². The van der Waals surface area contributed by atoms with E-state index in [0.29, 0.717) is 0 Å². The number of methoxy groups -OCH3 is 4. The Kier molecular flexibility index (Phi) is 4.60. The highest BCUT2D eigenvalue weighted by molar-refractivity contribution is 4.65. The van der Waals surface area contributed by atoms with Crippen LogP contribution in [0.4, 0.5) is 0 Å². The van der Waals surface area contributed by atoms with Gasteiger partial charge in [0, 0.05) is 28.4 Å². The van der Waals surface area contributed by atoms with E-state index in [1.54, 1.807) is 6.92 Å². The average molecular weight is 164 g/mol. The van der Waals surface area contributed by atoms with Gasteiger partial charge in [-0.2, -0.15) is 0 Å². The Balaban J connectivity index is 4.19. The summed E-state index contributed by atoms with van der Waals surface area (Å²) in [4.78, 5) is 0. The van der Waals surface area contributed by atoms with Crippen molar-refractivity contribution in [1.29, 1.82) is 0 Å². The van der Waals surface area contributed by atoms with Gasteiger partial charge in [-0.25, -0.2) is 0 Å². The lowest BCUT2D eigenvalue weighted by atomic mass is 10.3. The maximum absolute atomic E-state index is 5.06. The van der Waals surface area contributed by atoms with E-state index in [1.807, 2.05) is 0 Å². The second kappa shape index (κ2) is 4.66. The predicted octanol–water partition coefficient (Wildman–Crippen LogP) is 0.614. The zero-order valence-corrected chi connectivity index (χ0v) is 7.71. The Morgan fingerprint density at radius 3 is 1.36 bits per heavy atom. The highest BCUT2D eigenvalue weighted by atomic mass is 16.8. The summed E-state index contributed by atoms with van der Waals surface area (Å²) in [5.74, 6) is -0.844. The summed E-state index contributed by atoms with van der Waals surface area (Å²) in [6.07, 6.45) is -0.516. The van der Waals surface area contributed by atoms with Crippen molar-refractivity contribution in [2.45, 2.75) is 19.0 Å². The fraction of sp³-hybridized carbons (Fsp3) is 1.00. The van der Waals surface area contributed by atoms with Gasteiger partial charge in [0.15, 0.2) is 0 Å². The summed E-state index contributed by atoms with van der Waals surface area (Å²) in [6.45, 7) is 1.74. The molecule has 68 valence electrons. The predicted molar refractivity (Wildman–Crippen MR) is 40.2 cm³/mol. The minimum absolute atomic E-state index is 0.516. The Morgan fingerprint density at radius 2 is 1.27 bits per heavy atom. The van der Waals surface area contributed by atoms with Crippen molar-refractivity contribution >= 4 is 0 Å². The fourth-order valence-corrected chi connectivity index (χ4v) is 0.800. The van der Waals surface area contributed by atoms with Gasteiger partial charge < -0.3 is 18.9 Å². The van der Waals surface area contributed by atoms with Gasteiger partial charge in [0.2, 0.25) is 12.1 Å². The van der Waals surface area contributed by atoms with E-state index in [-0.39, 0.29) is 0 Å². The highest BCUT2D eigenvalue weighted by Gasteiger charge is 2.34. The molecule has 0 spiro atoms.